The van der Waals surface area contributed by atoms with E-state index in [0.717, 1.165) is 29.8 Å². The average molecular weight is 492 g/mol. The molecule has 1 aliphatic rings. The molecule has 1 heterocycles. The van der Waals surface area contributed by atoms with E-state index in [4.69, 9.17) is 37.4 Å². The van der Waals surface area contributed by atoms with Gasteiger partial charge in [-0.1, -0.05) is 35.3 Å². The molecule has 1 aliphatic heterocycles. The normalized spacial score (nSPS) is 14.3. The molecule has 0 atom stereocenters. The maximum atomic E-state index is 12.1. The number of carbonyl (C=O) groups excluding carboxylic acids is 1. The number of benzene rings is 2. The molecule has 0 saturated carbocycles. The van der Waals surface area contributed by atoms with Gasteiger partial charge in [-0.15, -0.1) is 6.58 Å². The van der Waals surface area contributed by atoms with Crippen molar-refractivity contribution >= 4 is 35.3 Å². The third-order valence-electron chi connectivity index (χ3n) is 4.98. The fraction of sp³-hybridized carbons (Fsp3) is 0.333. The summed E-state index contributed by atoms with van der Waals surface area (Å²) >= 11 is 12.1. The molecule has 0 bridgehead atoms. The fourth-order valence-electron chi connectivity index (χ4n) is 3.34. The van der Waals surface area contributed by atoms with Crippen molar-refractivity contribution in [2.45, 2.75) is 13.0 Å². The van der Waals surface area contributed by atoms with Crippen LogP contribution in [0.25, 0.3) is 0 Å². The standard InChI is InChI=1S/C24H27Cl2N3O4/c1-3-4-19-11-18(14-27-28-23(30)15-29-7-9-32-10-8-29)13-22(31-2)24(19)33-16-17-5-6-20(25)21(26)12-17/h3,5-6,11-14H,1,4,7-10,15-16H2,2H3,(H,28,30)/b27-14+. The van der Waals surface area contributed by atoms with E-state index in [9.17, 15) is 4.79 Å². The zero-order valence-corrected chi connectivity index (χ0v) is 20.0. The highest BCUT2D eigenvalue weighted by molar-refractivity contribution is 6.42. The number of ether oxygens (including phenoxy) is 3. The van der Waals surface area contributed by atoms with Crippen LogP contribution in [0, 0.1) is 0 Å². The number of morpholine rings is 1. The monoisotopic (exact) mass is 491 g/mol. The predicted octanol–water partition coefficient (Wildman–Crippen LogP) is 4.09. The third-order valence-corrected chi connectivity index (χ3v) is 5.72. The average Bonchev–Trinajstić information content (AvgIpc) is 2.81. The van der Waals surface area contributed by atoms with Gasteiger partial charge < -0.3 is 14.2 Å². The van der Waals surface area contributed by atoms with Crippen LogP contribution in [0.5, 0.6) is 11.5 Å². The Morgan fingerprint density at radius 3 is 2.73 bits per heavy atom. The van der Waals surface area contributed by atoms with Gasteiger partial charge in [0, 0.05) is 18.7 Å². The van der Waals surface area contributed by atoms with Crippen molar-refractivity contribution in [2.24, 2.45) is 5.10 Å². The minimum Gasteiger partial charge on any atom is -0.493 e. The Hall–Kier alpha value is -2.58. The van der Waals surface area contributed by atoms with Crippen molar-refractivity contribution in [1.29, 1.82) is 0 Å². The van der Waals surface area contributed by atoms with Gasteiger partial charge in [0.05, 0.1) is 43.1 Å². The number of rotatable bonds is 10. The molecule has 33 heavy (non-hydrogen) atoms. The van der Waals surface area contributed by atoms with Gasteiger partial charge in [0.15, 0.2) is 11.5 Å². The van der Waals surface area contributed by atoms with Gasteiger partial charge in [0.2, 0.25) is 0 Å². The Balaban J connectivity index is 1.69. The number of hydrogen-bond acceptors (Lipinski definition) is 6. The molecule has 2 aromatic carbocycles. The smallest absolute Gasteiger partial charge is 0.254 e. The van der Waals surface area contributed by atoms with E-state index in [0.29, 0.717) is 47.8 Å². The molecule has 3 rings (SSSR count). The molecular formula is C24H27Cl2N3O4. The van der Waals surface area contributed by atoms with Gasteiger partial charge in [0.1, 0.15) is 6.61 Å². The highest BCUT2D eigenvalue weighted by Gasteiger charge is 2.15. The lowest BCUT2D eigenvalue weighted by Gasteiger charge is -2.25. The first-order valence-electron chi connectivity index (χ1n) is 10.5. The van der Waals surface area contributed by atoms with E-state index in [2.05, 4.69) is 17.1 Å². The second-order valence-corrected chi connectivity index (χ2v) is 8.24. The van der Waals surface area contributed by atoms with Gasteiger partial charge in [-0.2, -0.15) is 5.10 Å². The molecule has 1 saturated heterocycles. The van der Waals surface area contributed by atoms with E-state index in [1.54, 1.807) is 37.6 Å². The largest absolute Gasteiger partial charge is 0.493 e. The summed E-state index contributed by atoms with van der Waals surface area (Å²) in [5.74, 6) is 0.987. The second kappa shape index (κ2) is 12.6. The van der Waals surface area contributed by atoms with Crippen LogP contribution in [-0.4, -0.2) is 57.0 Å². The number of allylic oxidation sites excluding steroid dienone is 1. The number of carbonyl (C=O) groups is 1. The summed E-state index contributed by atoms with van der Waals surface area (Å²) < 4.78 is 16.9. The van der Waals surface area contributed by atoms with Crippen LogP contribution >= 0.6 is 23.2 Å². The van der Waals surface area contributed by atoms with E-state index in [-0.39, 0.29) is 12.5 Å². The highest BCUT2D eigenvalue weighted by atomic mass is 35.5. The number of amides is 1. The van der Waals surface area contributed by atoms with Crippen LogP contribution in [-0.2, 0) is 22.6 Å². The quantitative estimate of drug-likeness (QED) is 0.307. The topological polar surface area (TPSA) is 72.4 Å². The summed E-state index contributed by atoms with van der Waals surface area (Å²) in [7, 11) is 1.57. The number of nitrogens with one attached hydrogen (secondary N) is 1. The van der Waals surface area contributed by atoms with Crippen molar-refractivity contribution in [3.05, 3.63) is 69.7 Å². The van der Waals surface area contributed by atoms with Crippen molar-refractivity contribution in [1.82, 2.24) is 10.3 Å². The number of hydrogen-bond donors (Lipinski definition) is 1. The second-order valence-electron chi connectivity index (χ2n) is 7.42. The van der Waals surface area contributed by atoms with Crippen LogP contribution in [0.1, 0.15) is 16.7 Å². The zero-order chi connectivity index (χ0) is 23.6. The summed E-state index contributed by atoms with van der Waals surface area (Å²) in [6.07, 6.45) is 3.93. The van der Waals surface area contributed by atoms with E-state index >= 15 is 0 Å². The first-order valence-corrected chi connectivity index (χ1v) is 11.3. The lowest BCUT2D eigenvalue weighted by Crippen LogP contribution is -2.42. The van der Waals surface area contributed by atoms with Gasteiger partial charge in [-0.25, -0.2) is 5.43 Å². The number of nitrogens with zero attached hydrogens (tertiary/aromatic N) is 2. The van der Waals surface area contributed by atoms with Crippen LogP contribution < -0.4 is 14.9 Å². The Morgan fingerprint density at radius 1 is 1.24 bits per heavy atom. The molecular weight excluding hydrogens is 465 g/mol. The van der Waals surface area contributed by atoms with Gasteiger partial charge in [-0.3, -0.25) is 9.69 Å². The molecule has 7 nitrogen and oxygen atoms in total. The molecule has 2 aromatic rings. The van der Waals surface area contributed by atoms with E-state index in [1.165, 1.54) is 0 Å². The van der Waals surface area contributed by atoms with Crippen molar-refractivity contribution in [2.75, 3.05) is 40.0 Å². The maximum absolute atomic E-state index is 12.1. The van der Waals surface area contributed by atoms with Gasteiger partial charge in [-0.05, 0) is 41.8 Å². The van der Waals surface area contributed by atoms with Crippen molar-refractivity contribution in [3.8, 4) is 11.5 Å². The third kappa shape index (κ3) is 7.47. The summed E-state index contributed by atoms with van der Waals surface area (Å²) in [6, 6.07) is 9.08. The molecule has 1 N–H and O–H groups in total. The van der Waals surface area contributed by atoms with Crippen LogP contribution in [0.2, 0.25) is 10.0 Å². The summed E-state index contributed by atoms with van der Waals surface area (Å²) in [6.45, 7) is 7.17. The lowest BCUT2D eigenvalue weighted by atomic mass is 10.1. The SMILES string of the molecule is C=CCc1cc(/C=N/NC(=O)CN2CCOCC2)cc(OC)c1OCc1ccc(Cl)c(Cl)c1. The summed E-state index contributed by atoms with van der Waals surface area (Å²) in [5.41, 5.74) is 5.09. The van der Waals surface area contributed by atoms with Crippen LogP contribution in [0.15, 0.2) is 48.1 Å². The number of hydrazone groups is 1. The predicted molar refractivity (Wildman–Crippen MR) is 131 cm³/mol. The van der Waals surface area contributed by atoms with Crippen molar-refractivity contribution in [3.63, 3.8) is 0 Å². The molecule has 1 fully saturated rings. The first-order chi connectivity index (χ1) is 16.0. The number of methoxy groups -OCH3 is 1. The Morgan fingerprint density at radius 2 is 2.03 bits per heavy atom. The minimum absolute atomic E-state index is 0.173. The van der Waals surface area contributed by atoms with E-state index in [1.807, 2.05) is 17.0 Å². The van der Waals surface area contributed by atoms with E-state index < -0.39 is 0 Å². The molecule has 9 heteroatoms. The number of halogens is 2. The lowest BCUT2D eigenvalue weighted by molar-refractivity contribution is -0.123. The van der Waals surface area contributed by atoms with Crippen molar-refractivity contribution < 1.29 is 19.0 Å². The summed E-state index contributed by atoms with van der Waals surface area (Å²) in [4.78, 5) is 14.2. The zero-order valence-electron chi connectivity index (χ0n) is 18.5. The molecule has 176 valence electrons. The molecule has 0 aromatic heterocycles. The molecule has 0 aliphatic carbocycles. The molecule has 0 radical (unpaired) electrons. The van der Waals surface area contributed by atoms with Crippen LogP contribution in [0.4, 0.5) is 0 Å². The maximum Gasteiger partial charge on any atom is 0.254 e. The minimum atomic E-state index is -0.173. The summed E-state index contributed by atoms with van der Waals surface area (Å²) in [5, 5.41) is 5.06. The fourth-order valence-corrected chi connectivity index (χ4v) is 3.66. The first kappa shape index (κ1) is 25.1. The molecule has 1 amide bonds. The van der Waals surface area contributed by atoms with Crippen LogP contribution in [0.3, 0.4) is 0 Å². The Labute approximate surface area is 203 Å². The van der Waals surface area contributed by atoms with Gasteiger partial charge in [0.25, 0.3) is 5.91 Å². The Kier molecular flexibility index (Phi) is 9.57. The van der Waals surface area contributed by atoms with Gasteiger partial charge >= 0.3 is 0 Å². The molecule has 0 spiro atoms. The highest BCUT2D eigenvalue weighted by Crippen LogP contribution is 2.34. The Bertz CT molecular complexity index is 1010. The molecule has 0 unspecified atom stereocenters.